The van der Waals surface area contributed by atoms with Gasteiger partial charge in [-0.25, -0.2) is 9.78 Å². The normalized spacial score (nSPS) is 24.5. The van der Waals surface area contributed by atoms with Crippen molar-refractivity contribution in [2.75, 3.05) is 37.4 Å². The number of fused-ring (bicyclic) bond motifs is 1. The van der Waals surface area contributed by atoms with E-state index in [4.69, 9.17) is 19.4 Å². The highest BCUT2D eigenvalue weighted by Gasteiger charge is 2.53. The third-order valence-electron chi connectivity index (χ3n) is 7.88. The van der Waals surface area contributed by atoms with E-state index >= 15 is 0 Å². The lowest BCUT2D eigenvalue weighted by Gasteiger charge is -2.24. The number of imidazole rings is 1. The van der Waals surface area contributed by atoms with Gasteiger partial charge in [0.2, 0.25) is 11.8 Å². The predicted molar refractivity (Wildman–Crippen MR) is 146 cm³/mol. The Hall–Kier alpha value is -3.64. The summed E-state index contributed by atoms with van der Waals surface area (Å²) >= 11 is 0. The first kappa shape index (κ1) is 30.8. The number of aliphatic hydroxyl groups is 1. The van der Waals surface area contributed by atoms with E-state index in [1.54, 1.807) is 6.92 Å². The number of hydrogen-bond acceptors (Lipinski definition) is 13. The van der Waals surface area contributed by atoms with Crippen LogP contribution in [0.3, 0.4) is 0 Å². The van der Waals surface area contributed by atoms with Crippen molar-refractivity contribution in [3.05, 3.63) is 12.2 Å². The van der Waals surface area contributed by atoms with Gasteiger partial charge in [-0.15, -0.1) is 10.2 Å². The van der Waals surface area contributed by atoms with Gasteiger partial charge in [0, 0.05) is 25.2 Å². The van der Waals surface area contributed by atoms with E-state index in [-0.39, 0.29) is 23.6 Å². The summed E-state index contributed by atoms with van der Waals surface area (Å²) in [5.74, 6) is -1.70. The van der Waals surface area contributed by atoms with Gasteiger partial charge < -0.3 is 29.7 Å². The highest BCUT2D eigenvalue weighted by molar-refractivity contribution is 5.84. The number of hydrogen-bond donors (Lipinski definition) is 2. The largest absolute Gasteiger partial charge is 0.490 e. The van der Waals surface area contributed by atoms with Gasteiger partial charge in [0.05, 0.1) is 12.9 Å². The molecule has 0 aromatic carbocycles. The molecule has 2 aliphatic rings. The number of aryl methyl sites for hydroxylation is 1. The van der Waals surface area contributed by atoms with Gasteiger partial charge in [0.25, 0.3) is 0 Å². The minimum Gasteiger partial charge on any atom is -0.448 e. The molecule has 0 amide bonds. The molecular weight excluding hydrogens is 575 g/mol. The van der Waals surface area contributed by atoms with Gasteiger partial charge in [-0.05, 0) is 45.5 Å². The van der Waals surface area contributed by atoms with Gasteiger partial charge in [-0.2, -0.15) is 27.9 Å². The molecule has 236 valence electrons. The third-order valence-corrected chi connectivity index (χ3v) is 7.88. The summed E-state index contributed by atoms with van der Waals surface area (Å²) < 4.78 is 52.0. The molecule has 2 N–H and O–H groups in total. The zero-order valence-electron chi connectivity index (χ0n) is 24.6. The SMILES string of the molecule is CCC(CC)Nc1nc(N2CC[C@@H](N(C)C)C2)nc2c1ncn2[C@@H]1O[C@H](c2nnn(CC)n2)[C@@H](O)[C@H]1OC(=O)C(F)(F)F. The second-order valence-corrected chi connectivity index (χ2v) is 10.8. The number of nitrogens with one attached hydrogen (secondary N) is 1. The maximum atomic E-state index is 13.3. The average molecular weight is 612 g/mol. The van der Waals surface area contributed by atoms with E-state index in [0.717, 1.165) is 19.3 Å². The number of carbonyl (C=O) groups is 1. The lowest BCUT2D eigenvalue weighted by Crippen LogP contribution is -2.38. The molecule has 0 spiro atoms. The first-order chi connectivity index (χ1) is 20.4. The lowest BCUT2D eigenvalue weighted by molar-refractivity contribution is -0.211. The molecule has 2 saturated heterocycles. The molecule has 15 nitrogen and oxygen atoms in total. The number of carbonyl (C=O) groups excluding carboxylic acids is 1. The summed E-state index contributed by atoms with van der Waals surface area (Å²) in [7, 11) is 4.01. The molecule has 43 heavy (non-hydrogen) atoms. The molecular formula is C25H36F3N11O4. The number of anilines is 2. The number of ether oxygens (including phenoxy) is 2. The van der Waals surface area contributed by atoms with Crippen LogP contribution in [0.25, 0.3) is 11.2 Å². The Morgan fingerprint density at radius 3 is 2.60 bits per heavy atom. The number of esters is 1. The maximum Gasteiger partial charge on any atom is 0.490 e. The molecule has 2 fully saturated rings. The van der Waals surface area contributed by atoms with Crippen LogP contribution < -0.4 is 10.2 Å². The van der Waals surface area contributed by atoms with Gasteiger partial charge >= 0.3 is 12.1 Å². The Kier molecular flexibility index (Phi) is 8.71. The zero-order valence-corrected chi connectivity index (χ0v) is 24.6. The molecule has 0 saturated carbocycles. The second-order valence-electron chi connectivity index (χ2n) is 10.8. The molecule has 5 atom stereocenters. The number of tetrazole rings is 1. The van der Waals surface area contributed by atoms with E-state index in [9.17, 15) is 23.1 Å². The molecule has 0 unspecified atom stereocenters. The fourth-order valence-electron chi connectivity index (χ4n) is 5.27. The summed E-state index contributed by atoms with van der Waals surface area (Å²) in [5.41, 5.74) is 0.569. The van der Waals surface area contributed by atoms with Crippen LogP contribution in [0.15, 0.2) is 6.33 Å². The van der Waals surface area contributed by atoms with Crippen molar-refractivity contribution >= 4 is 28.9 Å². The Labute approximate surface area is 245 Å². The van der Waals surface area contributed by atoms with Crippen molar-refractivity contribution in [1.29, 1.82) is 0 Å². The van der Waals surface area contributed by atoms with Crippen molar-refractivity contribution in [2.24, 2.45) is 0 Å². The van der Waals surface area contributed by atoms with Crippen molar-refractivity contribution in [3.63, 3.8) is 0 Å². The van der Waals surface area contributed by atoms with Crippen molar-refractivity contribution < 1.29 is 32.5 Å². The van der Waals surface area contributed by atoms with Gasteiger partial charge in [0.1, 0.15) is 6.10 Å². The van der Waals surface area contributed by atoms with E-state index in [0.29, 0.717) is 36.9 Å². The number of aliphatic hydroxyl groups excluding tert-OH is 1. The van der Waals surface area contributed by atoms with Crippen LogP contribution in [-0.4, -0.2) is 113 Å². The van der Waals surface area contributed by atoms with E-state index in [2.05, 4.69) is 30.6 Å². The average Bonchev–Trinajstić information content (AvgIpc) is 3.77. The highest BCUT2D eigenvalue weighted by atomic mass is 19.4. The Bertz CT molecular complexity index is 1430. The minimum absolute atomic E-state index is 0.0749. The molecule has 18 heteroatoms. The Balaban J connectivity index is 1.59. The van der Waals surface area contributed by atoms with Crippen LogP contribution >= 0.6 is 0 Å². The van der Waals surface area contributed by atoms with Crippen LogP contribution in [-0.2, 0) is 20.8 Å². The topological polar surface area (TPSA) is 161 Å². The predicted octanol–water partition coefficient (Wildman–Crippen LogP) is 1.68. The van der Waals surface area contributed by atoms with Crippen LogP contribution in [0.5, 0.6) is 0 Å². The Morgan fingerprint density at radius 2 is 2.00 bits per heavy atom. The molecule has 2 aliphatic heterocycles. The van der Waals surface area contributed by atoms with E-state index in [1.807, 2.05) is 32.8 Å². The molecule has 5 heterocycles. The summed E-state index contributed by atoms with van der Waals surface area (Å²) in [6.07, 6.45) is -7.84. The first-order valence-electron chi connectivity index (χ1n) is 14.3. The quantitative estimate of drug-likeness (QED) is 0.319. The van der Waals surface area contributed by atoms with E-state index < -0.39 is 36.7 Å². The molecule has 3 aromatic heterocycles. The number of halogens is 3. The summed E-state index contributed by atoms with van der Waals surface area (Å²) in [4.78, 5) is 31.4. The smallest absolute Gasteiger partial charge is 0.448 e. The van der Waals surface area contributed by atoms with Crippen LogP contribution in [0.1, 0.15) is 58.2 Å². The van der Waals surface area contributed by atoms with E-state index in [1.165, 1.54) is 15.7 Å². The van der Waals surface area contributed by atoms with Gasteiger partial charge in [-0.1, -0.05) is 13.8 Å². The minimum atomic E-state index is -5.30. The maximum absolute atomic E-state index is 13.3. The fraction of sp³-hybridized carbons (Fsp3) is 0.720. The standard InChI is InChI=1S/C25H36F3N11O4/c1-6-13(7-2)30-19-15-21(32-24(31-19)37-10-9-14(11-37)36(4)5)38(12-29-15)22-18(43-23(41)25(26,27)28)16(40)17(42-22)20-33-35-39(8-3)34-20/h12-14,16-18,22,40H,6-11H2,1-5H3,(H,30,31,32)/t14-,16-,17+,18-,22-/m1/s1. The number of alkyl halides is 3. The zero-order chi connectivity index (χ0) is 31.1. The third kappa shape index (κ3) is 6.08. The molecule has 0 aliphatic carbocycles. The van der Waals surface area contributed by atoms with Crippen LogP contribution in [0.4, 0.5) is 24.9 Å². The van der Waals surface area contributed by atoms with Gasteiger partial charge in [0.15, 0.2) is 35.4 Å². The fourth-order valence-corrected chi connectivity index (χ4v) is 5.27. The number of rotatable bonds is 10. The lowest BCUT2D eigenvalue weighted by atomic mass is 10.1. The van der Waals surface area contributed by atoms with Crippen molar-refractivity contribution in [3.8, 4) is 0 Å². The first-order valence-corrected chi connectivity index (χ1v) is 14.3. The monoisotopic (exact) mass is 611 g/mol. The van der Waals surface area contributed by atoms with Crippen molar-refractivity contribution in [2.45, 2.75) is 89.4 Å². The summed E-state index contributed by atoms with van der Waals surface area (Å²) in [6, 6.07) is 0.356. The second kappa shape index (κ2) is 12.2. The van der Waals surface area contributed by atoms with Crippen LogP contribution in [0, 0.1) is 0 Å². The Morgan fingerprint density at radius 1 is 1.26 bits per heavy atom. The number of aromatic nitrogens is 8. The number of likely N-dealkylation sites (N-methyl/N-ethyl adjacent to an activating group) is 1. The summed E-state index contributed by atoms with van der Waals surface area (Å²) in [6.45, 7) is 7.56. The summed E-state index contributed by atoms with van der Waals surface area (Å²) in [5, 5.41) is 26.4. The molecule has 0 radical (unpaired) electrons. The van der Waals surface area contributed by atoms with Gasteiger partial charge in [-0.3, -0.25) is 4.57 Å². The highest BCUT2D eigenvalue weighted by Crippen LogP contribution is 2.41. The molecule has 5 rings (SSSR count). The molecule has 3 aromatic rings. The number of nitrogens with zero attached hydrogens (tertiary/aromatic N) is 10. The van der Waals surface area contributed by atoms with Crippen LogP contribution in [0.2, 0.25) is 0 Å². The molecule has 0 bridgehead atoms. The van der Waals surface area contributed by atoms with Crippen molar-refractivity contribution in [1.82, 2.24) is 44.6 Å².